The summed E-state index contributed by atoms with van der Waals surface area (Å²) in [5, 5.41) is 3.02. The van der Waals surface area contributed by atoms with E-state index in [0.29, 0.717) is 5.92 Å². The van der Waals surface area contributed by atoms with E-state index in [1.54, 1.807) is 0 Å². The van der Waals surface area contributed by atoms with Gasteiger partial charge in [-0.15, -0.1) is 0 Å². The highest BCUT2D eigenvalue weighted by molar-refractivity contribution is 5.77. The van der Waals surface area contributed by atoms with Crippen LogP contribution in [0.15, 0.2) is 24.3 Å². The molecule has 1 aliphatic carbocycles. The first kappa shape index (κ1) is 11.1. The quantitative estimate of drug-likeness (QED) is 0.840. The molecule has 0 aliphatic heterocycles. The summed E-state index contributed by atoms with van der Waals surface area (Å²) in [5.41, 5.74) is 2.59. The Bertz CT molecular complexity index is 389. The van der Waals surface area contributed by atoms with Crippen LogP contribution in [0.2, 0.25) is 0 Å². The number of methoxy groups -OCH3 is 1. The summed E-state index contributed by atoms with van der Waals surface area (Å²) < 4.78 is 4.83. The lowest BCUT2D eigenvalue weighted by Crippen LogP contribution is -2.33. The molecular weight excluding hydrogens is 202 g/mol. The van der Waals surface area contributed by atoms with Crippen LogP contribution in [0.1, 0.15) is 24.1 Å². The Balaban J connectivity index is 2.13. The third-order valence-corrected chi connectivity index (χ3v) is 3.09. The normalized spacial score (nSPS) is 22.9. The number of benzene rings is 1. The van der Waals surface area contributed by atoms with Crippen molar-refractivity contribution in [2.75, 3.05) is 13.7 Å². The summed E-state index contributed by atoms with van der Waals surface area (Å²) in [6.07, 6.45) is 1.04. The molecule has 16 heavy (non-hydrogen) atoms. The zero-order valence-corrected chi connectivity index (χ0v) is 9.69. The molecule has 3 nitrogen and oxygen atoms in total. The maximum Gasteiger partial charge on any atom is 0.246 e. The van der Waals surface area contributed by atoms with Crippen molar-refractivity contribution in [1.82, 2.24) is 5.32 Å². The molecule has 3 heteroatoms. The molecule has 0 aromatic heterocycles. The van der Waals surface area contributed by atoms with Crippen LogP contribution in [-0.4, -0.2) is 19.6 Å². The van der Waals surface area contributed by atoms with Crippen LogP contribution in [0.4, 0.5) is 0 Å². The molecule has 1 aromatic rings. The SMILES string of the molecule is COCC(=O)N[C@@H]1c2ccccc2C[C@@H]1C. The second-order valence-corrected chi connectivity index (χ2v) is 4.36. The first-order valence-electron chi connectivity index (χ1n) is 5.58. The predicted octanol–water partition coefficient (Wildman–Crippen LogP) is 1.68. The number of hydrogen-bond donors (Lipinski definition) is 1. The molecule has 1 amide bonds. The Morgan fingerprint density at radius 2 is 2.25 bits per heavy atom. The van der Waals surface area contributed by atoms with Gasteiger partial charge in [-0.2, -0.15) is 0 Å². The van der Waals surface area contributed by atoms with Crippen LogP contribution < -0.4 is 5.32 Å². The molecule has 0 bridgehead atoms. The number of carbonyl (C=O) groups is 1. The molecule has 1 aromatic carbocycles. The molecule has 1 aliphatic rings. The lowest BCUT2D eigenvalue weighted by molar-refractivity contribution is -0.125. The molecule has 86 valence electrons. The number of rotatable bonds is 3. The number of carbonyl (C=O) groups excluding carboxylic acids is 1. The summed E-state index contributed by atoms with van der Waals surface area (Å²) in [7, 11) is 1.53. The van der Waals surface area contributed by atoms with Crippen molar-refractivity contribution in [1.29, 1.82) is 0 Å². The first-order valence-corrected chi connectivity index (χ1v) is 5.58. The Labute approximate surface area is 95.8 Å². The number of nitrogens with one attached hydrogen (secondary N) is 1. The molecule has 1 N–H and O–H groups in total. The van der Waals surface area contributed by atoms with Crippen molar-refractivity contribution < 1.29 is 9.53 Å². The molecule has 2 rings (SSSR count). The van der Waals surface area contributed by atoms with Gasteiger partial charge in [0.2, 0.25) is 5.91 Å². The average Bonchev–Trinajstić information content (AvgIpc) is 2.56. The van der Waals surface area contributed by atoms with Crippen LogP contribution in [0.5, 0.6) is 0 Å². The van der Waals surface area contributed by atoms with Gasteiger partial charge in [-0.25, -0.2) is 0 Å². The summed E-state index contributed by atoms with van der Waals surface area (Å²) >= 11 is 0. The molecule has 0 spiro atoms. The van der Waals surface area contributed by atoms with E-state index < -0.39 is 0 Å². The number of fused-ring (bicyclic) bond motifs is 1. The van der Waals surface area contributed by atoms with Gasteiger partial charge < -0.3 is 10.1 Å². The predicted molar refractivity (Wildman–Crippen MR) is 62.1 cm³/mol. The summed E-state index contributed by atoms with van der Waals surface area (Å²) in [5.74, 6) is 0.411. The Hall–Kier alpha value is -1.35. The van der Waals surface area contributed by atoms with Gasteiger partial charge in [0.05, 0.1) is 6.04 Å². The molecule has 0 unspecified atom stereocenters. The molecule has 0 fully saturated rings. The Morgan fingerprint density at radius 3 is 3.00 bits per heavy atom. The molecular formula is C13H17NO2. The fourth-order valence-electron chi connectivity index (χ4n) is 2.36. The van der Waals surface area contributed by atoms with E-state index in [1.807, 2.05) is 12.1 Å². The lowest BCUT2D eigenvalue weighted by Gasteiger charge is -2.18. The highest BCUT2D eigenvalue weighted by Crippen LogP contribution is 2.35. The van der Waals surface area contributed by atoms with Crippen molar-refractivity contribution in [2.45, 2.75) is 19.4 Å². The van der Waals surface area contributed by atoms with Crippen molar-refractivity contribution in [3.63, 3.8) is 0 Å². The minimum Gasteiger partial charge on any atom is -0.375 e. The third-order valence-electron chi connectivity index (χ3n) is 3.09. The first-order chi connectivity index (χ1) is 7.72. The third kappa shape index (κ3) is 2.09. The Kier molecular flexibility index (Phi) is 3.25. The van der Waals surface area contributed by atoms with Crippen LogP contribution in [0, 0.1) is 5.92 Å². The lowest BCUT2D eigenvalue weighted by atomic mass is 10.0. The fourth-order valence-corrected chi connectivity index (χ4v) is 2.36. The maximum atomic E-state index is 11.5. The minimum atomic E-state index is -0.0453. The van der Waals surface area contributed by atoms with Crippen LogP contribution in [-0.2, 0) is 16.0 Å². The topological polar surface area (TPSA) is 38.3 Å². The summed E-state index contributed by atoms with van der Waals surface area (Å²) in [6.45, 7) is 2.29. The Morgan fingerprint density at radius 1 is 1.50 bits per heavy atom. The van der Waals surface area contributed by atoms with Gasteiger partial charge in [0.15, 0.2) is 0 Å². The second-order valence-electron chi connectivity index (χ2n) is 4.36. The van der Waals surface area contributed by atoms with Crippen molar-refractivity contribution in [2.24, 2.45) is 5.92 Å². The van der Waals surface area contributed by atoms with Gasteiger partial charge in [-0.1, -0.05) is 31.2 Å². The van der Waals surface area contributed by atoms with E-state index in [4.69, 9.17) is 4.74 Å². The highest BCUT2D eigenvalue weighted by Gasteiger charge is 2.29. The molecule has 0 saturated carbocycles. The largest absolute Gasteiger partial charge is 0.375 e. The molecule has 2 atom stereocenters. The van der Waals surface area contributed by atoms with E-state index in [2.05, 4.69) is 24.4 Å². The van der Waals surface area contributed by atoms with Gasteiger partial charge >= 0.3 is 0 Å². The van der Waals surface area contributed by atoms with Gasteiger partial charge in [-0.3, -0.25) is 4.79 Å². The maximum absolute atomic E-state index is 11.5. The van der Waals surface area contributed by atoms with E-state index in [-0.39, 0.29) is 18.6 Å². The van der Waals surface area contributed by atoms with Crippen molar-refractivity contribution >= 4 is 5.91 Å². The highest BCUT2D eigenvalue weighted by atomic mass is 16.5. The number of hydrogen-bond acceptors (Lipinski definition) is 2. The standard InChI is InChI=1S/C13H17NO2/c1-9-7-10-5-3-4-6-11(10)13(9)14-12(15)8-16-2/h3-6,9,13H,7-8H2,1-2H3,(H,14,15)/t9-,13-/m0/s1. The van der Waals surface area contributed by atoms with E-state index >= 15 is 0 Å². The zero-order valence-electron chi connectivity index (χ0n) is 9.69. The van der Waals surface area contributed by atoms with E-state index in [0.717, 1.165) is 6.42 Å². The van der Waals surface area contributed by atoms with Crippen LogP contribution in [0.25, 0.3) is 0 Å². The second kappa shape index (κ2) is 4.66. The fraction of sp³-hybridized carbons (Fsp3) is 0.462. The van der Waals surface area contributed by atoms with Gasteiger partial charge in [0, 0.05) is 7.11 Å². The number of amides is 1. The monoisotopic (exact) mass is 219 g/mol. The average molecular weight is 219 g/mol. The molecule has 0 saturated heterocycles. The van der Waals surface area contributed by atoms with Crippen LogP contribution >= 0.6 is 0 Å². The molecule has 0 heterocycles. The van der Waals surface area contributed by atoms with E-state index in [1.165, 1.54) is 18.2 Å². The van der Waals surface area contributed by atoms with Crippen LogP contribution in [0.3, 0.4) is 0 Å². The van der Waals surface area contributed by atoms with E-state index in [9.17, 15) is 4.79 Å². The van der Waals surface area contributed by atoms with Gasteiger partial charge in [0.25, 0.3) is 0 Å². The van der Waals surface area contributed by atoms with Gasteiger partial charge in [-0.05, 0) is 23.5 Å². The summed E-state index contributed by atoms with van der Waals surface area (Å²) in [4.78, 5) is 11.5. The smallest absolute Gasteiger partial charge is 0.246 e. The van der Waals surface area contributed by atoms with Gasteiger partial charge in [0.1, 0.15) is 6.61 Å². The van der Waals surface area contributed by atoms with Crippen molar-refractivity contribution in [3.05, 3.63) is 35.4 Å². The summed E-state index contributed by atoms with van der Waals surface area (Å²) in [6, 6.07) is 8.43. The minimum absolute atomic E-state index is 0.0453. The molecule has 0 radical (unpaired) electrons. The number of ether oxygens (including phenoxy) is 1. The zero-order chi connectivity index (χ0) is 11.5. The van der Waals surface area contributed by atoms with Crippen molar-refractivity contribution in [3.8, 4) is 0 Å².